The number of nitrogens with zero attached hydrogens (tertiary/aromatic N) is 2. The van der Waals surface area contributed by atoms with Crippen molar-refractivity contribution >= 4 is 16.6 Å². The number of ether oxygens (including phenoxy) is 2. The summed E-state index contributed by atoms with van der Waals surface area (Å²) in [4.78, 5) is 13.9. The van der Waals surface area contributed by atoms with Crippen LogP contribution in [0, 0.1) is 10.1 Å². The molecule has 0 unspecified atom stereocenters. The highest BCUT2D eigenvalue weighted by Crippen LogP contribution is 2.38. The number of fused-ring (bicyclic) bond motifs is 1. The third-order valence-electron chi connectivity index (χ3n) is 2.52. The maximum absolute atomic E-state index is 10.7. The molecule has 7 nitrogen and oxygen atoms in total. The number of benzene rings is 1. The van der Waals surface area contributed by atoms with Gasteiger partial charge in [0.05, 0.1) is 30.0 Å². The molecule has 0 radical (unpaired) electrons. The number of pyridine rings is 1. The summed E-state index contributed by atoms with van der Waals surface area (Å²) in [6.07, 6.45) is 1.00. The van der Waals surface area contributed by atoms with Crippen LogP contribution in [0.15, 0.2) is 18.3 Å². The van der Waals surface area contributed by atoms with E-state index in [4.69, 9.17) is 9.47 Å². The first-order chi connectivity index (χ1) is 8.58. The molecule has 0 spiro atoms. The minimum absolute atomic E-state index is 0.238. The van der Waals surface area contributed by atoms with Gasteiger partial charge in [-0.25, -0.2) is 4.98 Å². The fraction of sp³-hybridized carbons (Fsp3) is 0.182. The van der Waals surface area contributed by atoms with Crippen molar-refractivity contribution in [3.05, 3.63) is 28.4 Å². The Morgan fingerprint density at radius 2 is 1.89 bits per heavy atom. The zero-order valence-corrected chi connectivity index (χ0v) is 9.71. The molecule has 0 atom stereocenters. The van der Waals surface area contributed by atoms with Gasteiger partial charge < -0.3 is 14.6 Å². The molecule has 0 saturated carbocycles. The van der Waals surface area contributed by atoms with Crippen molar-refractivity contribution in [3.63, 3.8) is 0 Å². The molecule has 0 fully saturated rings. The summed E-state index contributed by atoms with van der Waals surface area (Å²) in [5, 5.41) is 20.8. The molecule has 2 rings (SSSR count). The van der Waals surface area contributed by atoms with E-state index in [1.807, 2.05) is 0 Å². The summed E-state index contributed by atoms with van der Waals surface area (Å²) >= 11 is 0. The minimum atomic E-state index is -0.696. The molecular weight excluding hydrogens is 240 g/mol. The lowest BCUT2D eigenvalue weighted by Crippen LogP contribution is -1.94. The first kappa shape index (κ1) is 11.9. The summed E-state index contributed by atoms with van der Waals surface area (Å²) in [7, 11) is 2.90. The lowest BCUT2D eigenvalue weighted by atomic mass is 10.1. The highest BCUT2D eigenvalue weighted by molar-refractivity contribution is 5.90. The molecule has 18 heavy (non-hydrogen) atoms. The van der Waals surface area contributed by atoms with Gasteiger partial charge in [-0.2, -0.15) is 0 Å². The van der Waals surface area contributed by atoms with Crippen LogP contribution in [0.25, 0.3) is 10.9 Å². The molecule has 1 aromatic heterocycles. The molecular formula is C11H10N2O5. The van der Waals surface area contributed by atoms with E-state index in [-0.39, 0.29) is 5.39 Å². The van der Waals surface area contributed by atoms with Gasteiger partial charge in [0.15, 0.2) is 11.5 Å². The van der Waals surface area contributed by atoms with E-state index in [0.717, 1.165) is 6.20 Å². The van der Waals surface area contributed by atoms with Gasteiger partial charge in [0.2, 0.25) is 5.75 Å². The van der Waals surface area contributed by atoms with Crippen molar-refractivity contribution in [2.75, 3.05) is 14.2 Å². The molecule has 94 valence electrons. The van der Waals surface area contributed by atoms with Crippen molar-refractivity contribution in [2.24, 2.45) is 0 Å². The van der Waals surface area contributed by atoms with E-state index < -0.39 is 16.4 Å². The second-order valence-electron chi connectivity index (χ2n) is 3.47. The number of hydrogen-bond donors (Lipinski definition) is 1. The SMILES string of the molecule is COc1cc2ncc([N+](=O)[O-])c(O)c2cc1OC. The van der Waals surface area contributed by atoms with E-state index in [9.17, 15) is 15.2 Å². The number of nitro groups is 1. The van der Waals surface area contributed by atoms with Crippen LogP contribution in [0.5, 0.6) is 17.2 Å². The maximum atomic E-state index is 10.7. The van der Waals surface area contributed by atoms with Crippen LogP contribution in [0.2, 0.25) is 0 Å². The van der Waals surface area contributed by atoms with Crippen LogP contribution in [0.3, 0.4) is 0 Å². The third-order valence-corrected chi connectivity index (χ3v) is 2.52. The Kier molecular flexibility index (Phi) is 2.88. The maximum Gasteiger partial charge on any atom is 0.329 e. The minimum Gasteiger partial charge on any atom is -0.502 e. The molecule has 0 saturated heterocycles. The monoisotopic (exact) mass is 250 g/mol. The van der Waals surface area contributed by atoms with E-state index in [1.54, 1.807) is 0 Å². The molecule has 2 aromatic rings. The summed E-state index contributed by atoms with van der Waals surface area (Å²) in [6, 6.07) is 2.99. The molecule has 0 amide bonds. The molecule has 0 aliphatic carbocycles. The van der Waals surface area contributed by atoms with E-state index in [2.05, 4.69) is 4.98 Å². The molecule has 0 aliphatic heterocycles. The Balaban J connectivity index is 2.77. The number of hydrogen-bond acceptors (Lipinski definition) is 6. The third kappa shape index (κ3) is 1.75. The lowest BCUT2D eigenvalue weighted by molar-refractivity contribution is -0.386. The average molecular weight is 250 g/mol. The van der Waals surface area contributed by atoms with Gasteiger partial charge in [-0.15, -0.1) is 0 Å². The predicted octanol–water partition coefficient (Wildman–Crippen LogP) is 1.87. The smallest absolute Gasteiger partial charge is 0.329 e. The van der Waals surface area contributed by atoms with Gasteiger partial charge in [0, 0.05) is 6.07 Å². The highest BCUT2D eigenvalue weighted by atomic mass is 16.6. The lowest BCUT2D eigenvalue weighted by Gasteiger charge is -2.09. The van der Waals surface area contributed by atoms with Gasteiger partial charge >= 0.3 is 5.69 Å². The summed E-state index contributed by atoms with van der Waals surface area (Å²) in [6.45, 7) is 0. The van der Waals surface area contributed by atoms with Crippen LogP contribution in [-0.2, 0) is 0 Å². The second-order valence-corrected chi connectivity index (χ2v) is 3.47. The summed E-state index contributed by atoms with van der Waals surface area (Å²) in [5.74, 6) is 0.360. The molecule has 1 aromatic carbocycles. The van der Waals surface area contributed by atoms with Crippen LogP contribution < -0.4 is 9.47 Å². The van der Waals surface area contributed by atoms with Crippen LogP contribution in [0.4, 0.5) is 5.69 Å². The fourth-order valence-electron chi connectivity index (χ4n) is 1.63. The largest absolute Gasteiger partial charge is 0.502 e. The molecule has 7 heteroatoms. The second kappa shape index (κ2) is 4.36. The van der Waals surface area contributed by atoms with E-state index >= 15 is 0 Å². The van der Waals surface area contributed by atoms with Crippen molar-refractivity contribution in [1.82, 2.24) is 4.98 Å². The van der Waals surface area contributed by atoms with Gasteiger partial charge in [0.1, 0.15) is 6.20 Å². The number of methoxy groups -OCH3 is 2. The molecule has 0 bridgehead atoms. The number of rotatable bonds is 3. The van der Waals surface area contributed by atoms with Crippen molar-refractivity contribution in [1.29, 1.82) is 0 Å². The first-order valence-corrected chi connectivity index (χ1v) is 4.96. The van der Waals surface area contributed by atoms with Crippen molar-refractivity contribution in [2.45, 2.75) is 0 Å². The van der Waals surface area contributed by atoms with Crippen LogP contribution in [0.1, 0.15) is 0 Å². The number of aromatic hydroxyl groups is 1. The Bertz CT molecular complexity index is 626. The topological polar surface area (TPSA) is 94.7 Å². The number of aromatic nitrogens is 1. The van der Waals surface area contributed by atoms with Crippen LogP contribution in [-0.4, -0.2) is 29.2 Å². The predicted molar refractivity (Wildman–Crippen MR) is 63.2 cm³/mol. The van der Waals surface area contributed by atoms with E-state index in [1.165, 1.54) is 26.4 Å². The summed E-state index contributed by atoms with van der Waals surface area (Å²) < 4.78 is 10.1. The Labute approximate surface area is 102 Å². The van der Waals surface area contributed by atoms with Gasteiger partial charge in [0.25, 0.3) is 0 Å². The fourth-order valence-corrected chi connectivity index (χ4v) is 1.63. The standard InChI is InChI=1S/C11H10N2O5/c1-17-9-3-6-7(4-10(9)18-2)12-5-8(11(6)14)13(15)16/h3-5H,1-2H3,(H,12,14). The quantitative estimate of drug-likeness (QED) is 0.660. The normalized spacial score (nSPS) is 10.3. The highest BCUT2D eigenvalue weighted by Gasteiger charge is 2.19. The Morgan fingerprint density at radius 3 is 2.44 bits per heavy atom. The van der Waals surface area contributed by atoms with Crippen LogP contribution >= 0.6 is 0 Å². The van der Waals surface area contributed by atoms with E-state index in [0.29, 0.717) is 17.0 Å². The van der Waals surface area contributed by atoms with Gasteiger partial charge in [-0.05, 0) is 6.07 Å². The molecule has 1 heterocycles. The zero-order chi connectivity index (χ0) is 13.3. The van der Waals surface area contributed by atoms with Gasteiger partial charge in [-0.1, -0.05) is 0 Å². The van der Waals surface area contributed by atoms with Crippen molar-refractivity contribution < 1.29 is 19.5 Å². The van der Waals surface area contributed by atoms with Crippen molar-refractivity contribution in [3.8, 4) is 17.2 Å². The first-order valence-electron chi connectivity index (χ1n) is 4.96. The Hall–Kier alpha value is -2.57. The molecule has 0 aliphatic rings. The average Bonchev–Trinajstić information content (AvgIpc) is 2.37. The van der Waals surface area contributed by atoms with Gasteiger partial charge in [-0.3, -0.25) is 10.1 Å². The zero-order valence-electron chi connectivity index (χ0n) is 9.71. The Morgan fingerprint density at radius 1 is 1.28 bits per heavy atom. The molecule has 1 N–H and O–H groups in total. The summed E-state index contributed by atoms with van der Waals surface area (Å²) in [5.41, 5.74) is -0.0644.